The van der Waals surface area contributed by atoms with Crippen LogP contribution in [0.5, 0.6) is 0 Å². The molecule has 2 rings (SSSR count). The monoisotopic (exact) mass is 395 g/mol. The average Bonchev–Trinajstić information content (AvgIpc) is 2.33. The minimum Gasteiger partial charge on any atom is -0.325 e. The lowest BCUT2D eigenvalue weighted by Gasteiger charge is -2.12. The Kier molecular flexibility index (Phi) is 5.00. The van der Waals surface area contributed by atoms with Gasteiger partial charge in [-0.25, -0.2) is 0 Å². The number of aryl methyl sites for hydroxylation is 2. The van der Waals surface area contributed by atoms with E-state index in [1.807, 2.05) is 50.2 Å². The molecule has 0 bridgehead atoms. The summed E-state index contributed by atoms with van der Waals surface area (Å²) in [5, 5.41) is 3.00. The molecule has 0 saturated carbocycles. The summed E-state index contributed by atoms with van der Waals surface area (Å²) in [5.74, 6) is -0.00313. The molecule has 0 atom stereocenters. The second-order valence-corrected chi connectivity index (χ2v) is 6.60. The van der Waals surface area contributed by atoms with E-state index in [1.54, 1.807) is 0 Å². The number of anilines is 1. The highest BCUT2D eigenvalue weighted by molar-refractivity contribution is 9.10. The molecule has 0 aliphatic carbocycles. The van der Waals surface area contributed by atoms with Crippen LogP contribution in [0.1, 0.15) is 16.7 Å². The molecular weight excluding hydrogens is 382 g/mol. The molecule has 0 aliphatic rings. The molecule has 0 saturated heterocycles. The molecule has 0 unspecified atom stereocenters. The largest absolute Gasteiger partial charge is 0.325 e. The number of rotatable bonds is 3. The van der Waals surface area contributed by atoms with Gasteiger partial charge in [-0.2, -0.15) is 0 Å². The third-order valence-corrected chi connectivity index (χ3v) is 3.97. The van der Waals surface area contributed by atoms with Gasteiger partial charge in [0, 0.05) is 14.6 Å². The molecule has 2 nitrogen and oxygen atoms in total. The fourth-order valence-corrected chi connectivity index (χ4v) is 3.26. The van der Waals surface area contributed by atoms with Crippen LogP contribution in [0.4, 0.5) is 5.69 Å². The van der Waals surface area contributed by atoms with E-state index >= 15 is 0 Å². The molecule has 2 aromatic carbocycles. The minimum absolute atomic E-state index is 0.00313. The van der Waals surface area contributed by atoms with Crippen molar-refractivity contribution in [3.8, 4) is 0 Å². The second-order valence-electron chi connectivity index (χ2n) is 4.77. The highest BCUT2D eigenvalue weighted by Gasteiger charge is 2.09. The van der Waals surface area contributed by atoms with Crippen LogP contribution in [0.15, 0.2) is 45.3 Å². The van der Waals surface area contributed by atoms with E-state index in [2.05, 4.69) is 37.2 Å². The number of benzene rings is 2. The average molecular weight is 397 g/mol. The normalized spacial score (nSPS) is 10.4. The van der Waals surface area contributed by atoms with Crippen LogP contribution >= 0.6 is 31.9 Å². The van der Waals surface area contributed by atoms with Gasteiger partial charge in [0.25, 0.3) is 0 Å². The Bertz CT molecular complexity index is 630. The molecule has 0 radical (unpaired) electrons. The standard InChI is InChI=1S/C16H15Br2NO/c1-10-6-14(18)7-11(2)16(10)19-15(20)9-12-4-3-5-13(17)8-12/h3-8H,9H2,1-2H3,(H,19,20). The van der Waals surface area contributed by atoms with Crippen molar-refractivity contribution in [2.24, 2.45) is 0 Å². The van der Waals surface area contributed by atoms with Gasteiger partial charge in [-0.3, -0.25) is 4.79 Å². The lowest BCUT2D eigenvalue weighted by atomic mass is 10.1. The topological polar surface area (TPSA) is 29.1 Å². The zero-order valence-corrected chi connectivity index (χ0v) is 14.5. The number of amides is 1. The molecule has 0 aromatic heterocycles. The Labute approximate surface area is 135 Å². The number of carbonyl (C=O) groups excluding carboxylic acids is 1. The smallest absolute Gasteiger partial charge is 0.228 e. The highest BCUT2D eigenvalue weighted by atomic mass is 79.9. The first-order valence-corrected chi connectivity index (χ1v) is 7.85. The van der Waals surface area contributed by atoms with Gasteiger partial charge in [0.1, 0.15) is 0 Å². The van der Waals surface area contributed by atoms with E-state index in [1.165, 1.54) is 0 Å². The van der Waals surface area contributed by atoms with Crippen LogP contribution in [-0.2, 0) is 11.2 Å². The fourth-order valence-electron chi connectivity index (χ4n) is 2.12. The molecule has 0 heterocycles. The van der Waals surface area contributed by atoms with E-state index in [4.69, 9.17) is 0 Å². The van der Waals surface area contributed by atoms with Crippen molar-refractivity contribution in [1.29, 1.82) is 0 Å². The molecular formula is C16H15Br2NO. The molecule has 0 spiro atoms. The Hall–Kier alpha value is -1.13. The lowest BCUT2D eigenvalue weighted by molar-refractivity contribution is -0.115. The van der Waals surface area contributed by atoms with Gasteiger partial charge >= 0.3 is 0 Å². The first-order valence-electron chi connectivity index (χ1n) is 6.27. The summed E-state index contributed by atoms with van der Waals surface area (Å²) in [6.45, 7) is 3.99. The SMILES string of the molecule is Cc1cc(Br)cc(C)c1NC(=O)Cc1cccc(Br)c1. The Morgan fingerprint density at radius 3 is 2.30 bits per heavy atom. The number of hydrogen-bond acceptors (Lipinski definition) is 1. The van der Waals surface area contributed by atoms with E-state index in [0.717, 1.165) is 31.3 Å². The Balaban J connectivity index is 2.13. The number of halogens is 2. The summed E-state index contributed by atoms with van der Waals surface area (Å²) in [7, 11) is 0. The minimum atomic E-state index is -0.00313. The highest BCUT2D eigenvalue weighted by Crippen LogP contribution is 2.25. The van der Waals surface area contributed by atoms with E-state index in [0.29, 0.717) is 6.42 Å². The first-order chi connectivity index (χ1) is 9.45. The van der Waals surface area contributed by atoms with Crippen molar-refractivity contribution in [2.45, 2.75) is 20.3 Å². The number of hydrogen-bond donors (Lipinski definition) is 1. The first kappa shape index (κ1) is 15.3. The van der Waals surface area contributed by atoms with Crippen LogP contribution in [-0.4, -0.2) is 5.91 Å². The predicted molar refractivity (Wildman–Crippen MR) is 90.1 cm³/mol. The zero-order valence-electron chi connectivity index (χ0n) is 11.3. The molecule has 1 amide bonds. The zero-order chi connectivity index (χ0) is 14.7. The van der Waals surface area contributed by atoms with Crippen LogP contribution in [0, 0.1) is 13.8 Å². The summed E-state index contributed by atoms with van der Waals surface area (Å²) < 4.78 is 2.01. The van der Waals surface area contributed by atoms with Gasteiger partial charge in [0.05, 0.1) is 6.42 Å². The van der Waals surface area contributed by atoms with Crippen molar-refractivity contribution in [3.05, 3.63) is 62.0 Å². The van der Waals surface area contributed by atoms with Crippen LogP contribution in [0.2, 0.25) is 0 Å². The molecule has 1 N–H and O–H groups in total. The fraction of sp³-hybridized carbons (Fsp3) is 0.188. The van der Waals surface area contributed by atoms with Crippen LogP contribution < -0.4 is 5.32 Å². The predicted octanol–water partition coefficient (Wildman–Crippen LogP) is 5.01. The maximum atomic E-state index is 12.1. The van der Waals surface area contributed by atoms with Gasteiger partial charge in [-0.15, -0.1) is 0 Å². The van der Waals surface area contributed by atoms with E-state index in [-0.39, 0.29) is 5.91 Å². The van der Waals surface area contributed by atoms with Crippen LogP contribution in [0.25, 0.3) is 0 Å². The third kappa shape index (κ3) is 3.93. The molecule has 20 heavy (non-hydrogen) atoms. The van der Waals surface area contributed by atoms with Crippen molar-refractivity contribution < 1.29 is 4.79 Å². The molecule has 104 valence electrons. The van der Waals surface area contributed by atoms with E-state index in [9.17, 15) is 4.79 Å². The van der Waals surface area contributed by atoms with Crippen molar-refractivity contribution >= 4 is 43.5 Å². The summed E-state index contributed by atoms with van der Waals surface area (Å²) in [4.78, 5) is 12.1. The van der Waals surface area contributed by atoms with Gasteiger partial charge < -0.3 is 5.32 Å². The molecule has 2 aromatic rings. The van der Waals surface area contributed by atoms with Crippen LogP contribution in [0.3, 0.4) is 0 Å². The molecule has 0 aliphatic heterocycles. The maximum Gasteiger partial charge on any atom is 0.228 e. The lowest BCUT2D eigenvalue weighted by Crippen LogP contribution is -2.16. The van der Waals surface area contributed by atoms with Gasteiger partial charge in [0.2, 0.25) is 5.91 Å². The Morgan fingerprint density at radius 2 is 1.70 bits per heavy atom. The molecule has 0 fully saturated rings. The third-order valence-electron chi connectivity index (χ3n) is 3.02. The number of carbonyl (C=O) groups is 1. The Morgan fingerprint density at radius 1 is 1.05 bits per heavy atom. The van der Waals surface area contributed by atoms with Crippen molar-refractivity contribution in [2.75, 3.05) is 5.32 Å². The summed E-state index contributed by atoms with van der Waals surface area (Å²) in [5.41, 5.74) is 4.00. The quantitative estimate of drug-likeness (QED) is 0.776. The maximum absolute atomic E-state index is 12.1. The summed E-state index contributed by atoms with van der Waals surface area (Å²) >= 11 is 6.87. The van der Waals surface area contributed by atoms with Gasteiger partial charge in [-0.1, -0.05) is 44.0 Å². The molecule has 4 heteroatoms. The van der Waals surface area contributed by atoms with Crippen molar-refractivity contribution in [1.82, 2.24) is 0 Å². The van der Waals surface area contributed by atoms with Gasteiger partial charge in [0.15, 0.2) is 0 Å². The van der Waals surface area contributed by atoms with Crippen molar-refractivity contribution in [3.63, 3.8) is 0 Å². The van der Waals surface area contributed by atoms with Gasteiger partial charge in [-0.05, 0) is 54.8 Å². The van der Waals surface area contributed by atoms with E-state index < -0.39 is 0 Å². The number of nitrogens with one attached hydrogen (secondary N) is 1. The summed E-state index contributed by atoms with van der Waals surface area (Å²) in [6, 6.07) is 11.8. The summed E-state index contributed by atoms with van der Waals surface area (Å²) in [6.07, 6.45) is 0.369. The second kappa shape index (κ2) is 6.55.